The van der Waals surface area contributed by atoms with Crippen LogP contribution in [0.25, 0.3) is 0 Å². The standard InChI is InChI=1S/C11H14FNO/c1-8-7-14-11(6-13-8)9-2-4-10(12)5-3-9/h2-5,8,11,13H,6-7H2,1H3/t8-,11?/m1/s1. The van der Waals surface area contributed by atoms with Gasteiger partial charge >= 0.3 is 0 Å². The number of rotatable bonds is 1. The fraction of sp³-hybridized carbons (Fsp3) is 0.455. The first-order valence-electron chi connectivity index (χ1n) is 4.86. The third kappa shape index (κ3) is 2.11. The summed E-state index contributed by atoms with van der Waals surface area (Å²) >= 11 is 0. The fourth-order valence-corrected chi connectivity index (χ4v) is 1.58. The van der Waals surface area contributed by atoms with Crippen LogP contribution in [-0.2, 0) is 4.74 Å². The second kappa shape index (κ2) is 4.07. The van der Waals surface area contributed by atoms with Crippen molar-refractivity contribution in [2.75, 3.05) is 13.2 Å². The zero-order valence-electron chi connectivity index (χ0n) is 8.16. The van der Waals surface area contributed by atoms with Crippen molar-refractivity contribution >= 4 is 0 Å². The quantitative estimate of drug-likeness (QED) is 0.738. The lowest BCUT2D eigenvalue weighted by Crippen LogP contribution is -2.40. The Morgan fingerprint density at radius 2 is 2.07 bits per heavy atom. The van der Waals surface area contributed by atoms with Gasteiger partial charge in [-0.3, -0.25) is 0 Å². The van der Waals surface area contributed by atoms with Gasteiger partial charge in [0.05, 0.1) is 12.7 Å². The van der Waals surface area contributed by atoms with Crippen molar-refractivity contribution < 1.29 is 9.13 Å². The molecular formula is C11H14FNO. The van der Waals surface area contributed by atoms with Gasteiger partial charge in [-0.1, -0.05) is 12.1 Å². The van der Waals surface area contributed by atoms with Gasteiger partial charge < -0.3 is 10.1 Å². The molecule has 2 rings (SSSR count). The molecule has 1 N–H and O–H groups in total. The Labute approximate surface area is 83.1 Å². The lowest BCUT2D eigenvalue weighted by atomic mass is 10.1. The van der Waals surface area contributed by atoms with Crippen molar-refractivity contribution in [3.05, 3.63) is 35.6 Å². The fourth-order valence-electron chi connectivity index (χ4n) is 1.58. The number of nitrogens with one attached hydrogen (secondary N) is 1. The summed E-state index contributed by atoms with van der Waals surface area (Å²) in [6.07, 6.45) is 0.0619. The van der Waals surface area contributed by atoms with Gasteiger partial charge in [0, 0.05) is 12.6 Å². The number of halogens is 1. The normalized spacial score (nSPS) is 27.6. The molecule has 2 atom stereocenters. The maximum Gasteiger partial charge on any atom is 0.123 e. The minimum absolute atomic E-state index is 0.0619. The van der Waals surface area contributed by atoms with Crippen LogP contribution in [0.5, 0.6) is 0 Å². The molecule has 1 aromatic carbocycles. The molecule has 1 saturated heterocycles. The highest BCUT2D eigenvalue weighted by Gasteiger charge is 2.19. The van der Waals surface area contributed by atoms with Gasteiger partial charge in [0.15, 0.2) is 0 Å². The van der Waals surface area contributed by atoms with E-state index in [1.165, 1.54) is 12.1 Å². The molecular weight excluding hydrogens is 181 g/mol. The first-order chi connectivity index (χ1) is 6.75. The predicted molar refractivity (Wildman–Crippen MR) is 52.6 cm³/mol. The molecule has 1 aromatic rings. The summed E-state index contributed by atoms with van der Waals surface area (Å²) in [6.45, 7) is 3.59. The van der Waals surface area contributed by atoms with E-state index in [1.807, 2.05) is 0 Å². The summed E-state index contributed by atoms with van der Waals surface area (Å²) in [5.74, 6) is -0.203. The first-order valence-corrected chi connectivity index (χ1v) is 4.86. The van der Waals surface area contributed by atoms with Crippen LogP contribution >= 0.6 is 0 Å². The molecule has 1 aliphatic heterocycles. The highest BCUT2D eigenvalue weighted by atomic mass is 19.1. The highest BCUT2D eigenvalue weighted by Crippen LogP contribution is 2.19. The summed E-state index contributed by atoms with van der Waals surface area (Å²) in [4.78, 5) is 0. The molecule has 3 heteroatoms. The molecule has 0 aromatic heterocycles. The van der Waals surface area contributed by atoms with E-state index in [2.05, 4.69) is 12.2 Å². The third-order valence-electron chi connectivity index (χ3n) is 2.44. The van der Waals surface area contributed by atoms with Gasteiger partial charge in [0.1, 0.15) is 5.82 Å². The molecule has 0 spiro atoms. The molecule has 1 unspecified atom stereocenters. The third-order valence-corrected chi connectivity index (χ3v) is 2.44. The summed E-state index contributed by atoms with van der Waals surface area (Å²) in [5.41, 5.74) is 1.03. The Morgan fingerprint density at radius 1 is 1.36 bits per heavy atom. The van der Waals surface area contributed by atoms with Crippen LogP contribution in [0.1, 0.15) is 18.6 Å². The van der Waals surface area contributed by atoms with E-state index in [9.17, 15) is 4.39 Å². The lowest BCUT2D eigenvalue weighted by Gasteiger charge is -2.28. The van der Waals surface area contributed by atoms with E-state index < -0.39 is 0 Å². The Balaban J connectivity index is 2.05. The van der Waals surface area contributed by atoms with E-state index in [1.54, 1.807) is 12.1 Å². The Hall–Kier alpha value is -0.930. The Morgan fingerprint density at radius 3 is 2.64 bits per heavy atom. The summed E-state index contributed by atoms with van der Waals surface area (Å²) in [5, 5.41) is 3.33. The monoisotopic (exact) mass is 195 g/mol. The second-order valence-corrected chi connectivity index (χ2v) is 3.68. The van der Waals surface area contributed by atoms with Gasteiger partial charge in [-0.2, -0.15) is 0 Å². The molecule has 0 radical (unpaired) electrons. The topological polar surface area (TPSA) is 21.3 Å². The minimum atomic E-state index is -0.203. The van der Waals surface area contributed by atoms with Gasteiger partial charge in [0.25, 0.3) is 0 Å². The molecule has 0 amide bonds. The van der Waals surface area contributed by atoms with Gasteiger partial charge in [0.2, 0.25) is 0 Å². The molecule has 1 fully saturated rings. The van der Waals surface area contributed by atoms with Crippen LogP contribution in [-0.4, -0.2) is 19.2 Å². The minimum Gasteiger partial charge on any atom is -0.371 e. The maximum absolute atomic E-state index is 12.7. The van der Waals surface area contributed by atoms with Crippen molar-refractivity contribution in [1.82, 2.24) is 5.32 Å². The van der Waals surface area contributed by atoms with Crippen LogP contribution in [0.3, 0.4) is 0 Å². The molecule has 14 heavy (non-hydrogen) atoms. The van der Waals surface area contributed by atoms with Crippen LogP contribution in [0.2, 0.25) is 0 Å². The van der Waals surface area contributed by atoms with E-state index >= 15 is 0 Å². The van der Waals surface area contributed by atoms with E-state index in [0.717, 1.165) is 12.1 Å². The average Bonchev–Trinajstić information content (AvgIpc) is 2.21. The van der Waals surface area contributed by atoms with Crippen molar-refractivity contribution in [2.24, 2.45) is 0 Å². The van der Waals surface area contributed by atoms with Crippen molar-refractivity contribution in [1.29, 1.82) is 0 Å². The molecule has 0 saturated carbocycles. The van der Waals surface area contributed by atoms with E-state index in [4.69, 9.17) is 4.74 Å². The largest absolute Gasteiger partial charge is 0.371 e. The van der Waals surface area contributed by atoms with Crippen molar-refractivity contribution in [3.8, 4) is 0 Å². The molecule has 0 bridgehead atoms. The number of morpholine rings is 1. The van der Waals surface area contributed by atoms with Gasteiger partial charge in [-0.25, -0.2) is 4.39 Å². The summed E-state index contributed by atoms with van der Waals surface area (Å²) in [6, 6.07) is 6.90. The zero-order valence-corrected chi connectivity index (χ0v) is 8.16. The zero-order chi connectivity index (χ0) is 9.97. The van der Waals surface area contributed by atoms with Crippen LogP contribution in [0, 0.1) is 5.82 Å². The first kappa shape index (κ1) is 9.62. The maximum atomic E-state index is 12.7. The lowest BCUT2D eigenvalue weighted by molar-refractivity contribution is 0.00692. The van der Waals surface area contributed by atoms with E-state index in [0.29, 0.717) is 12.6 Å². The molecule has 0 aliphatic carbocycles. The smallest absolute Gasteiger partial charge is 0.123 e. The van der Waals surface area contributed by atoms with Crippen molar-refractivity contribution in [2.45, 2.75) is 19.1 Å². The van der Waals surface area contributed by atoms with Crippen LogP contribution < -0.4 is 5.32 Å². The Kier molecular flexibility index (Phi) is 2.79. The molecule has 1 heterocycles. The summed E-state index contributed by atoms with van der Waals surface area (Å²) in [7, 11) is 0. The SMILES string of the molecule is C[C@@H]1COC(c2ccc(F)cc2)CN1. The number of ether oxygens (including phenoxy) is 1. The predicted octanol–water partition coefficient (Wildman–Crippen LogP) is 1.88. The molecule has 76 valence electrons. The van der Waals surface area contributed by atoms with Crippen molar-refractivity contribution in [3.63, 3.8) is 0 Å². The average molecular weight is 195 g/mol. The van der Waals surface area contributed by atoms with Gasteiger partial charge in [-0.05, 0) is 24.6 Å². The van der Waals surface area contributed by atoms with E-state index in [-0.39, 0.29) is 11.9 Å². The van der Waals surface area contributed by atoms with Crippen LogP contribution in [0.4, 0.5) is 4.39 Å². The highest BCUT2D eigenvalue weighted by molar-refractivity contribution is 5.19. The number of hydrogen-bond acceptors (Lipinski definition) is 2. The molecule has 2 nitrogen and oxygen atoms in total. The molecule has 1 aliphatic rings. The van der Waals surface area contributed by atoms with Crippen LogP contribution in [0.15, 0.2) is 24.3 Å². The van der Waals surface area contributed by atoms with Gasteiger partial charge in [-0.15, -0.1) is 0 Å². The number of hydrogen-bond donors (Lipinski definition) is 1. The number of benzene rings is 1. The Bertz CT molecular complexity index is 291. The second-order valence-electron chi connectivity index (χ2n) is 3.68. The summed E-state index contributed by atoms with van der Waals surface area (Å²) < 4.78 is 18.3.